The second kappa shape index (κ2) is 7.09. The number of carbonyl (C=O) groups excluding carboxylic acids is 1. The zero-order valence-corrected chi connectivity index (χ0v) is 12.7. The maximum atomic E-state index is 12.6. The molecular weight excluding hydrogens is 276 g/mol. The highest BCUT2D eigenvalue weighted by atomic mass is 16.5. The monoisotopic (exact) mass is 300 g/mol. The summed E-state index contributed by atoms with van der Waals surface area (Å²) in [5.74, 6) is -1.53. The minimum atomic E-state index is -0.901. The molecule has 21 heavy (non-hydrogen) atoms. The normalized spacial score (nSPS) is 26.9. The molecule has 2 amide bonds. The Labute approximate surface area is 124 Å². The summed E-state index contributed by atoms with van der Waals surface area (Å²) in [6.45, 7) is 4.14. The number of ether oxygens (including phenoxy) is 2. The van der Waals surface area contributed by atoms with Crippen LogP contribution in [0.25, 0.3) is 0 Å². The standard InChI is InChI=1S/C14H24N2O5/c1-3-16(12-9-21-8-11(12)13(17)18)14(19)15-6-4-10(20-2)5-7-15/h10-12H,3-9H2,1-2H3,(H,17,18). The highest BCUT2D eigenvalue weighted by Crippen LogP contribution is 2.23. The molecule has 2 aliphatic rings. The Balaban J connectivity index is 2.00. The Kier molecular flexibility index (Phi) is 5.41. The quantitative estimate of drug-likeness (QED) is 0.824. The van der Waals surface area contributed by atoms with E-state index >= 15 is 0 Å². The van der Waals surface area contributed by atoms with Crippen molar-refractivity contribution in [1.82, 2.24) is 9.80 Å². The first-order valence-electron chi connectivity index (χ1n) is 7.47. The minimum Gasteiger partial charge on any atom is -0.481 e. The van der Waals surface area contributed by atoms with Crippen LogP contribution in [0.3, 0.4) is 0 Å². The number of likely N-dealkylation sites (tertiary alicyclic amines) is 1. The van der Waals surface area contributed by atoms with E-state index in [9.17, 15) is 14.7 Å². The number of nitrogens with zero attached hydrogens (tertiary/aromatic N) is 2. The number of aliphatic carboxylic acids is 1. The number of amides is 2. The third kappa shape index (κ3) is 3.47. The molecule has 120 valence electrons. The van der Waals surface area contributed by atoms with Crippen LogP contribution < -0.4 is 0 Å². The predicted molar refractivity (Wildman–Crippen MR) is 75.1 cm³/mol. The third-order valence-corrected chi connectivity index (χ3v) is 4.40. The van der Waals surface area contributed by atoms with Crippen LogP contribution in [0.5, 0.6) is 0 Å². The Morgan fingerprint density at radius 1 is 1.33 bits per heavy atom. The van der Waals surface area contributed by atoms with Crippen LogP contribution in [0.4, 0.5) is 4.79 Å². The van der Waals surface area contributed by atoms with Gasteiger partial charge in [-0.3, -0.25) is 4.79 Å². The molecule has 0 bridgehead atoms. The second-order valence-corrected chi connectivity index (χ2v) is 5.54. The molecule has 2 atom stereocenters. The number of urea groups is 1. The topological polar surface area (TPSA) is 79.3 Å². The van der Waals surface area contributed by atoms with Gasteiger partial charge in [-0.1, -0.05) is 0 Å². The first kappa shape index (κ1) is 16.0. The van der Waals surface area contributed by atoms with Gasteiger partial charge in [-0.15, -0.1) is 0 Å². The Morgan fingerprint density at radius 3 is 2.52 bits per heavy atom. The molecule has 0 aromatic carbocycles. The first-order chi connectivity index (χ1) is 10.1. The summed E-state index contributed by atoms with van der Waals surface area (Å²) in [6, 6.07) is -0.464. The van der Waals surface area contributed by atoms with Gasteiger partial charge in [0, 0.05) is 26.7 Å². The molecule has 0 radical (unpaired) electrons. The lowest BCUT2D eigenvalue weighted by Crippen LogP contribution is -2.53. The number of carboxylic acids is 1. The summed E-state index contributed by atoms with van der Waals surface area (Å²) in [7, 11) is 1.69. The van der Waals surface area contributed by atoms with Crippen molar-refractivity contribution in [1.29, 1.82) is 0 Å². The molecule has 2 heterocycles. The molecule has 7 nitrogen and oxygen atoms in total. The van der Waals surface area contributed by atoms with Crippen LogP contribution in [0, 0.1) is 5.92 Å². The van der Waals surface area contributed by atoms with E-state index in [1.54, 1.807) is 16.9 Å². The molecule has 0 aromatic heterocycles. The van der Waals surface area contributed by atoms with Gasteiger partial charge in [0.15, 0.2) is 0 Å². The lowest BCUT2D eigenvalue weighted by molar-refractivity contribution is -0.142. The molecule has 1 N–H and O–H groups in total. The van der Waals surface area contributed by atoms with Gasteiger partial charge < -0.3 is 24.4 Å². The van der Waals surface area contributed by atoms with Crippen molar-refractivity contribution in [3.05, 3.63) is 0 Å². The molecule has 7 heteroatoms. The largest absolute Gasteiger partial charge is 0.481 e. The number of likely N-dealkylation sites (N-methyl/N-ethyl adjacent to an activating group) is 1. The average Bonchev–Trinajstić information content (AvgIpc) is 2.97. The van der Waals surface area contributed by atoms with E-state index < -0.39 is 11.9 Å². The number of hydrogen-bond donors (Lipinski definition) is 1. The van der Waals surface area contributed by atoms with Crippen molar-refractivity contribution < 1.29 is 24.2 Å². The van der Waals surface area contributed by atoms with Crippen molar-refractivity contribution in [2.24, 2.45) is 5.92 Å². The van der Waals surface area contributed by atoms with Gasteiger partial charge in [0.2, 0.25) is 0 Å². The molecule has 2 saturated heterocycles. The molecule has 2 rings (SSSR count). The van der Waals surface area contributed by atoms with Crippen molar-refractivity contribution in [3.8, 4) is 0 Å². The fourth-order valence-electron chi connectivity index (χ4n) is 3.06. The van der Waals surface area contributed by atoms with E-state index in [0.717, 1.165) is 12.8 Å². The summed E-state index contributed by atoms with van der Waals surface area (Å²) in [5.41, 5.74) is 0. The zero-order chi connectivity index (χ0) is 15.4. The maximum Gasteiger partial charge on any atom is 0.320 e. The number of piperidine rings is 1. The van der Waals surface area contributed by atoms with E-state index in [1.165, 1.54) is 0 Å². The van der Waals surface area contributed by atoms with Crippen LogP contribution >= 0.6 is 0 Å². The summed E-state index contributed by atoms with van der Waals surface area (Å²) in [4.78, 5) is 27.3. The van der Waals surface area contributed by atoms with Crippen LogP contribution in [0.2, 0.25) is 0 Å². The van der Waals surface area contributed by atoms with Crippen LogP contribution in [0.15, 0.2) is 0 Å². The Bertz CT molecular complexity index is 382. The number of hydrogen-bond acceptors (Lipinski definition) is 4. The van der Waals surface area contributed by atoms with Crippen LogP contribution in [-0.2, 0) is 14.3 Å². The SMILES string of the molecule is CCN(C(=O)N1CCC(OC)CC1)C1COCC1C(=O)O. The van der Waals surface area contributed by atoms with E-state index in [0.29, 0.717) is 26.2 Å². The zero-order valence-electron chi connectivity index (χ0n) is 12.7. The molecule has 2 aliphatic heterocycles. The van der Waals surface area contributed by atoms with Gasteiger partial charge in [-0.2, -0.15) is 0 Å². The molecular formula is C14H24N2O5. The van der Waals surface area contributed by atoms with Crippen LogP contribution in [0.1, 0.15) is 19.8 Å². The number of carbonyl (C=O) groups is 2. The lowest BCUT2D eigenvalue weighted by atomic mass is 10.0. The van der Waals surface area contributed by atoms with Gasteiger partial charge in [-0.05, 0) is 19.8 Å². The van der Waals surface area contributed by atoms with E-state index in [4.69, 9.17) is 9.47 Å². The van der Waals surface area contributed by atoms with Crippen molar-refractivity contribution in [2.75, 3.05) is 40.0 Å². The molecule has 2 unspecified atom stereocenters. The second-order valence-electron chi connectivity index (χ2n) is 5.54. The molecule has 2 fully saturated rings. The van der Waals surface area contributed by atoms with Crippen LogP contribution in [-0.4, -0.2) is 79.0 Å². The molecule has 0 spiro atoms. The predicted octanol–water partition coefficient (Wildman–Crippen LogP) is 0.639. The molecule has 0 aliphatic carbocycles. The summed E-state index contributed by atoms with van der Waals surface area (Å²) in [6.07, 6.45) is 1.86. The van der Waals surface area contributed by atoms with Gasteiger partial charge in [0.25, 0.3) is 0 Å². The number of rotatable bonds is 4. The lowest BCUT2D eigenvalue weighted by Gasteiger charge is -2.37. The fraction of sp³-hybridized carbons (Fsp3) is 0.857. The molecule has 0 saturated carbocycles. The highest BCUT2D eigenvalue weighted by molar-refractivity contribution is 5.77. The number of carboxylic acid groups (broad SMARTS) is 1. The van der Waals surface area contributed by atoms with E-state index in [2.05, 4.69) is 0 Å². The van der Waals surface area contributed by atoms with Crippen molar-refractivity contribution in [3.63, 3.8) is 0 Å². The van der Waals surface area contributed by atoms with Crippen molar-refractivity contribution >= 4 is 12.0 Å². The van der Waals surface area contributed by atoms with Gasteiger partial charge in [0.05, 0.1) is 25.4 Å². The Morgan fingerprint density at radius 2 is 2.00 bits per heavy atom. The highest BCUT2D eigenvalue weighted by Gasteiger charge is 2.41. The molecule has 0 aromatic rings. The first-order valence-corrected chi connectivity index (χ1v) is 7.47. The fourth-order valence-corrected chi connectivity index (χ4v) is 3.06. The van der Waals surface area contributed by atoms with Gasteiger partial charge >= 0.3 is 12.0 Å². The summed E-state index contributed by atoms with van der Waals surface area (Å²) < 4.78 is 10.6. The summed E-state index contributed by atoms with van der Waals surface area (Å²) in [5, 5.41) is 9.24. The van der Waals surface area contributed by atoms with E-state index in [-0.39, 0.29) is 24.8 Å². The maximum absolute atomic E-state index is 12.6. The smallest absolute Gasteiger partial charge is 0.320 e. The summed E-state index contributed by atoms with van der Waals surface area (Å²) >= 11 is 0. The van der Waals surface area contributed by atoms with E-state index in [1.807, 2.05) is 6.92 Å². The average molecular weight is 300 g/mol. The number of methoxy groups -OCH3 is 1. The Hall–Kier alpha value is -1.34. The van der Waals surface area contributed by atoms with Gasteiger partial charge in [0.1, 0.15) is 5.92 Å². The van der Waals surface area contributed by atoms with Crippen molar-refractivity contribution in [2.45, 2.75) is 31.9 Å². The minimum absolute atomic E-state index is 0.0891. The van der Waals surface area contributed by atoms with Gasteiger partial charge in [-0.25, -0.2) is 4.79 Å². The third-order valence-electron chi connectivity index (χ3n) is 4.40.